The Morgan fingerprint density at radius 3 is 2.93 bits per heavy atom. The molecule has 1 rings (SSSR count). The van der Waals surface area contributed by atoms with Crippen LogP contribution in [0.5, 0.6) is 0 Å². The summed E-state index contributed by atoms with van der Waals surface area (Å²) in [6.07, 6.45) is 1.84. The Labute approximate surface area is 98.0 Å². The minimum Gasteiger partial charge on any atom is -0.319 e. The molecule has 1 N–H and O–H groups in total. The van der Waals surface area contributed by atoms with Crippen molar-refractivity contribution in [1.29, 1.82) is 0 Å². The van der Waals surface area contributed by atoms with Crippen molar-refractivity contribution < 1.29 is 0 Å². The van der Waals surface area contributed by atoms with Crippen LogP contribution in [0.15, 0.2) is 27.8 Å². The van der Waals surface area contributed by atoms with E-state index >= 15 is 0 Å². The van der Waals surface area contributed by atoms with Gasteiger partial charge in [-0.15, -0.1) is 11.8 Å². The minimum absolute atomic E-state index is 0.676. The third-order valence-electron chi connectivity index (χ3n) is 1.77. The van der Waals surface area contributed by atoms with Crippen molar-refractivity contribution in [1.82, 2.24) is 10.3 Å². The maximum absolute atomic E-state index is 4.31. The van der Waals surface area contributed by atoms with Gasteiger partial charge in [0.05, 0.1) is 5.03 Å². The van der Waals surface area contributed by atoms with Gasteiger partial charge in [0.25, 0.3) is 0 Å². The maximum atomic E-state index is 4.31. The van der Waals surface area contributed by atoms with Crippen molar-refractivity contribution in [2.45, 2.75) is 11.9 Å². The van der Waals surface area contributed by atoms with Crippen molar-refractivity contribution in [2.24, 2.45) is 5.92 Å². The van der Waals surface area contributed by atoms with Gasteiger partial charge in [0.1, 0.15) is 0 Å². The second kappa shape index (κ2) is 6.43. The lowest BCUT2D eigenvalue weighted by Gasteiger charge is -2.09. The molecular weight excluding hydrogens is 260 g/mol. The van der Waals surface area contributed by atoms with Gasteiger partial charge in [0, 0.05) is 16.4 Å². The number of halogens is 1. The molecule has 2 nitrogen and oxygen atoms in total. The average Bonchev–Trinajstić information content (AvgIpc) is 2.17. The molecule has 1 unspecified atom stereocenters. The lowest BCUT2D eigenvalue weighted by molar-refractivity contribution is 0.603. The highest BCUT2D eigenvalue weighted by molar-refractivity contribution is 9.10. The predicted molar refractivity (Wildman–Crippen MR) is 65.8 cm³/mol. The Hall–Kier alpha value is -0.0600. The molecule has 0 aliphatic heterocycles. The van der Waals surface area contributed by atoms with Gasteiger partial charge in [-0.25, -0.2) is 4.98 Å². The summed E-state index contributed by atoms with van der Waals surface area (Å²) in [5, 5.41) is 4.27. The fourth-order valence-electron chi connectivity index (χ4n) is 1.08. The summed E-state index contributed by atoms with van der Waals surface area (Å²) in [6.45, 7) is 3.30. The van der Waals surface area contributed by atoms with Crippen LogP contribution >= 0.6 is 27.7 Å². The Balaban J connectivity index is 2.34. The molecule has 78 valence electrons. The van der Waals surface area contributed by atoms with E-state index < -0.39 is 0 Å². The molecule has 0 radical (unpaired) electrons. The SMILES string of the molecule is CNCC(C)CSc1ccc(Br)cn1. The van der Waals surface area contributed by atoms with Gasteiger partial charge in [0.15, 0.2) is 0 Å². The summed E-state index contributed by atoms with van der Waals surface area (Å²) in [5.41, 5.74) is 0. The number of pyridine rings is 1. The van der Waals surface area contributed by atoms with Crippen molar-refractivity contribution >= 4 is 27.7 Å². The second-order valence-electron chi connectivity index (χ2n) is 3.29. The molecule has 0 fully saturated rings. The fraction of sp³-hybridized carbons (Fsp3) is 0.500. The normalized spacial score (nSPS) is 12.8. The van der Waals surface area contributed by atoms with Crippen LogP contribution in [0.2, 0.25) is 0 Å². The molecule has 0 saturated heterocycles. The van der Waals surface area contributed by atoms with E-state index in [1.54, 1.807) is 11.8 Å². The van der Waals surface area contributed by atoms with Crippen LogP contribution in [-0.4, -0.2) is 24.3 Å². The summed E-state index contributed by atoms with van der Waals surface area (Å²) >= 11 is 5.17. The number of aromatic nitrogens is 1. The third kappa shape index (κ3) is 4.44. The zero-order chi connectivity index (χ0) is 10.4. The van der Waals surface area contributed by atoms with Gasteiger partial charge < -0.3 is 5.32 Å². The summed E-state index contributed by atoms with van der Waals surface area (Å²) in [6, 6.07) is 4.07. The van der Waals surface area contributed by atoms with Crippen LogP contribution in [-0.2, 0) is 0 Å². The number of nitrogens with one attached hydrogen (secondary N) is 1. The number of rotatable bonds is 5. The smallest absolute Gasteiger partial charge is 0.0960 e. The molecule has 0 amide bonds. The molecule has 14 heavy (non-hydrogen) atoms. The minimum atomic E-state index is 0.676. The molecule has 1 heterocycles. The number of hydrogen-bond acceptors (Lipinski definition) is 3. The highest BCUT2D eigenvalue weighted by Crippen LogP contribution is 2.19. The van der Waals surface area contributed by atoms with Crippen LogP contribution in [0.4, 0.5) is 0 Å². The fourth-order valence-corrected chi connectivity index (χ4v) is 2.18. The van der Waals surface area contributed by atoms with E-state index in [2.05, 4.69) is 33.2 Å². The highest BCUT2D eigenvalue weighted by Gasteiger charge is 2.02. The number of nitrogens with zero attached hydrogens (tertiary/aromatic N) is 1. The largest absolute Gasteiger partial charge is 0.319 e. The predicted octanol–water partition coefficient (Wildman–Crippen LogP) is 2.79. The Morgan fingerprint density at radius 1 is 1.57 bits per heavy atom. The summed E-state index contributed by atoms with van der Waals surface area (Å²) in [4.78, 5) is 4.31. The van der Waals surface area contributed by atoms with E-state index in [9.17, 15) is 0 Å². The zero-order valence-electron chi connectivity index (χ0n) is 8.46. The highest BCUT2D eigenvalue weighted by atomic mass is 79.9. The topological polar surface area (TPSA) is 24.9 Å². The van der Waals surface area contributed by atoms with E-state index in [0.29, 0.717) is 5.92 Å². The first-order chi connectivity index (χ1) is 6.72. The molecule has 0 aliphatic carbocycles. The average molecular weight is 275 g/mol. The van der Waals surface area contributed by atoms with E-state index in [0.717, 1.165) is 21.8 Å². The lowest BCUT2D eigenvalue weighted by atomic mass is 10.2. The van der Waals surface area contributed by atoms with Crippen molar-refractivity contribution in [3.8, 4) is 0 Å². The van der Waals surface area contributed by atoms with Crippen LogP contribution in [0.25, 0.3) is 0 Å². The molecule has 1 aromatic rings. The van der Waals surface area contributed by atoms with Gasteiger partial charge in [-0.05, 0) is 47.6 Å². The summed E-state index contributed by atoms with van der Waals surface area (Å²) in [7, 11) is 1.99. The van der Waals surface area contributed by atoms with E-state index in [1.165, 1.54) is 0 Å². The molecule has 0 bridgehead atoms. The van der Waals surface area contributed by atoms with Gasteiger partial charge >= 0.3 is 0 Å². The standard InChI is InChI=1S/C10H15BrN2S/c1-8(5-12-2)7-14-10-4-3-9(11)6-13-10/h3-4,6,8,12H,5,7H2,1-2H3. The summed E-state index contributed by atoms with van der Waals surface area (Å²) < 4.78 is 1.03. The third-order valence-corrected chi connectivity index (χ3v) is 3.51. The number of hydrogen-bond donors (Lipinski definition) is 1. The van der Waals surface area contributed by atoms with Crippen LogP contribution in [0.3, 0.4) is 0 Å². The Morgan fingerprint density at radius 2 is 2.36 bits per heavy atom. The molecule has 0 aromatic carbocycles. The Bertz CT molecular complexity index is 263. The van der Waals surface area contributed by atoms with Crippen molar-refractivity contribution in [2.75, 3.05) is 19.3 Å². The first-order valence-electron chi connectivity index (χ1n) is 4.61. The van der Waals surface area contributed by atoms with Gasteiger partial charge in [-0.3, -0.25) is 0 Å². The maximum Gasteiger partial charge on any atom is 0.0960 e. The zero-order valence-corrected chi connectivity index (χ0v) is 10.9. The van der Waals surface area contributed by atoms with Gasteiger partial charge in [0.2, 0.25) is 0 Å². The van der Waals surface area contributed by atoms with Crippen LogP contribution in [0, 0.1) is 5.92 Å². The molecule has 0 saturated carbocycles. The Kier molecular flexibility index (Phi) is 5.52. The lowest BCUT2D eigenvalue weighted by Crippen LogP contribution is -2.17. The second-order valence-corrected chi connectivity index (χ2v) is 5.24. The van der Waals surface area contributed by atoms with E-state index in [1.807, 2.05) is 25.4 Å². The molecule has 1 aromatic heterocycles. The molecule has 0 aliphatic rings. The van der Waals surface area contributed by atoms with Crippen LogP contribution < -0.4 is 5.32 Å². The first kappa shape index (κ1) is 12.0. The molecular formula is C10H15BrN2S. The molecule has 1 atom stereocenters. The molecule has 0 spiro atoms. The van der Waals surface area contributed by atoms with E-state index in [4.69, 9.17) is 0 Å². The quantitative estimate of drug-likeness (QED) is 0.836. The number of thioether (sulfide) groups is 1. The monoisotopic (exact) mass is 274 g/mol. The van der Waals surface area contributed by atoms with Crippen molar-refractivity contribution in [3.63, 3.8) is 0 Å². The van der Waals surface area contributed by atoms with Gasteiger partial charge in [-0.2, -0.15) is 0 Å². The van der Waals surface area contributed by atoms with Crippen molar-refractivity contribution in [3.05, 3.63) is 22.8 Å². The van der Waals surface area contributed by atoms with E-state index in [-0.39, 0.29) is 0 Å². The first-order valence-corrected chi connectivity index (χ1v) is 6.39. The van der Waals surface area contributed by atoms with Gasteiger partial charge in [-0.1, -0.05) is 6.92 Å². The van der Waals surface area contributed by atoms with Crippen LogP contribution in [0.1, 0.15) is 6.92 Å². The summed E-state index contributed by atoms with van der Waals surface area (Å²) in [5.74, 6) is 1.78. The molecule has 4 heteroatoms.